The average Bonchev–Trinajstić information content (AvgIpc) is 1.59. The second-order valence-corrected chi connectivity index (χ2v) is 2.51. The molecule has 9 heavy (non-hydrogen) atoms. The molecule has 0 aromatic heterocycles. The van der Waals surface area contributed by atoms with Crippen molar-refractivity contribution in [1.29, 1.82) is 0 Å². The van der Waals surface area contributed by atoms with Crippen LogP contribution >= 0.6 is 0 Å². The molecule has 0 aliphatic carbocycles. The predicted octanol–water partition coefficient (Wildman–Crippen LogP) is 0.678. The molecular formula is C7H12N2. The standard InChI is InChI=1S/C7H12N2/c1-6-3-7(8)5-9(2)4-6/h3-4H,5,8H2,1-2H3. The second kappa shape index (κ2) is 2.13. The Bertz CT molecular complexity index is 168. The van der Waals surface area contributed by atoms with Gasteiger partial charge in [-0.15, -0.1) is 0 Å². The lowest BCUT2D eigenvalue weighted by molar-refractivity contribution is 0.484. The Balaban J connectivity index is 2.74. The summed E-state index contributed by atoms with van der Waals surface area (Å²) in [7, 11) is 2.02. The molecule has 0 atom stereocenters. The van der Waals surface area contributed by atoms with Crippen molar-refractivity contribution in [3.63, 3.8) is 0 Å². The summed E-state index contributed by atoms with van der Waals surface area (Å²) in [5.74, 6) is 0. The van der Waals surface area contributed by atoms with E-state index in [0.717, 1.165) is 12.2 Å². The molecule has 0 bridgehead atoms. The van der Waals surface area contributed by atoms with Crippen molar-refractivity contribution >= 4 is 0 Å². The lowest BCUT2D eigenvalue weighted by Crippen LogP contribution is -2.22. The van der Waals surface area contributed by atoms with Crippen molar-refractivity contribution in [3.8, 4) is 0 Å². The molecule has 1 aliphatic heterocycles. The fraction of sp³-hybridized carbons (Fsp3) is 0.429. The molecule has 50 valence electrons. The van der Waals surface area contributed by atoms with Gasteiger partial charge >= 0.3 is 0 Å². The third-order valence-corrected chi connectivity index (χ3v) is 1.27. The first-order valence-electron chi connectivity index (χ1n) is 3.03. The monoisotopic (exact) mass is 124 g/mol. The number of hydrogen-bond donors (Lipinski definition) is 1. The molecule has 1 rings (SSSR count). The summed E-state index contributed by atoms with van der Waals surface area (Å²) < 4.78 is 0. The molecule has 0 radical (unpaired) electrons. The SMILES string of the molecule is CC1=CN(C)CC(N)=C1. The van der Waals surface area contributed by atoms with Crippen molar-refractivity contribution in [2.45, 2.75) is 6.92 Å². The van der Waals surface area contributed by atoms with Crippen molar-refractivity contribution in [2.75, 3.05) is 13.6 Å². The van der Waals surface area contributed by atoms with Gasteiger partial charge < -0.3 is 10.6 Å². The van der Waals surface area contributed by atoms with Gasteiger partial charge in [0.25, 0.3) is 0 Å². The van der Waals surface area contributed by atoms with Gasteiger partial charge in [0.05, 0.1) is 6.54 Å². The van der Waals surface area contributed by atoms with E-state index in [0.29, 0.717) is 0 Å². The minimum atomic E-state index is 0.858. The van der Waals surface area contributed by atoms with Crippen LogP contribution in [0, 0.1) is 0 Å². The molecule has 2 nitrogen and oxygen atoms in total. The van der Waals surface area contributed by atoms with Crippen LogP contribution in [0.1, 0.15) is 6.92 Å². The molecule has 0 saturated carbocycles. The molecule has 0 saturated heterocycles. The van der Waals surface area contributed by atoms with Crippen molar-refractivity contribution < 1.29 is 0 Å². The molecular weight excluding hydrogens is 112 g/mol. The Morgan fingerprint density at radius 3 is 2.78 bits per heavy atom. The molecule has 0 fully saturated rings. The highest BCUT2D eigenvalue weighted by Crippen LogP contribution is 2.06. The van der Waals surface area contributed by atoms with E-state index >= 15 is 0 Å². The molecule has 0 unspecified atom stereocenters. The summed E-state index contributed by atoms with van der Waals surface area (Å²) in [6.07, 6.45) is 4.08. The molecule has 2 heteroatoms. The lowest BCUT2D eigenvalue weighted by Gasteiger charge is -2.19. The van der Waals surface area contributed by atoms with Gasteiger partial charge in [0.1, 0.15) is 0 Å². The van der Waals surface area contributed by atoms with Crippen LogP contribution in [0.2, 0.25) is 0 Å². The van der Waals surface area contributed by atoms with E-state index in [1.54, 1.807) is 0 Å². The van der Waals surface area contributed by atoms with Gasteiger partial charge in [-0.05, 0) is 18.6 Å². The summed E-state index contributed by atoms with van der Waals surface area (Å²) in [6.45, 7) is 2.90. The second-order valence-electron chi connectivity index (χ2n) is 2.51. The van der Waals surface area contributed by atoms with Gasteiger partial charge in [-0.1, -0.05) is 0 Å². The van der Waals surface area contributed by atoms with Gasteiger partial charge in [0.2, 0.25) is 0 Å². The third-order valence-electron chi connectivity index (χ3n) is 1.27. The first-order valence-corrected chi connectivity index (χ1v) is 3.03. The number of nitrogens with two attached hydrogens (primary N) is 1. The Morgan fingerprint density at radius 2 is 2.33 bits per heavy atom. The number of nitrogens with zero attached hydrogens (tertiary/aromatic N) is 1. The van der Waals surface area contributed by atoms with Crippen LogP contribution in [-0.2, 0) is 0 Å². The molecule has 2 N–H and O–H groups in total. The predicted molar refractivity (Wildman–Crippen MR) is 38.7 cm³/mol. The maximum absolute atomic E-state index is 5.59. The number of rotatable bonds is 0. The highest BCUT2D eigenvalue weighted by molar-refractivity contribution is 5.24. The van der Waals surface area contributed by atoms with E-state index in [1.807, 2.05) is 20.0 Å². The molecule has 0 spiro atoms. The normalized spacial score (nSPS) is 19.1. The van der Waals surface area contributed by atoms with Crippen LogP contribution in [0.5, 0.6) is 0 Å². The van der Waals surface area contributed by atoms with Gasteiger partial charge in [0, 0.05) is 18.9 Å². The van der Waals surface area contributed by atoms with Crippen molar-refractivity contribution in [1.82, 2.24) is 4.90 Å². The van der Waals surface area contributed by atoms with E-state index in [9.17, 15) is 0 Å². The maximum Gasteiger partial charge on any atom is 0.0565 e. The van der Waals surface area contributed by atoms with Gasteiger partial charge in [0.15, 0.2) is 0 Å². The van der Waals surface area contributed by atoms with Crippen molar-refractivity contribution in [3.05, 3.63) is 23.5 Å². The summed E-state index contributed by atoms with van der Waals surface area (Å²) in [4.78, 5) is 2.07. The smallest absolute Gasteiger partial charge is 0.0565 e. The number of likely N-dealkylation sites (N-methyl/N-ethyl adjacent to an activating group) is 1. The van der Waals surface area contributed by atoms with Crippen LogP contribution in [0.3, 0.4) is 0 Å². The van der Waals surface area contributed by atoms with Gasteiger partial charge in [-0.2, -0.15) is 0 Å². The lowest BCUT2D eigenvalue weighted by atomic mass is 10.2. The first kappa shape index (κ1) is 6.20. The van der Waals surface area contributed by atoms with Crippen LogP contribution in [0.4, 0.5) is 0 Å². The maximum atomic E-state index is 5.59. The van der Waals surface area contributed by atoms with Crippen molar-refractivity contribution in [2.24, 2.45) is 5.73 Å². The zero-order valence-electron chi connectivity index (χ0n) is 5.89. The summed E-state index contributed by atoms with van der Waals surface area (Å²) in [6, 6.07) is 0. The fourth-order valence-electron chi connectivity index (χ4n) is 1.06. The van der Waals surface area contributed by atoms with Crippen LogP contribution in [-0.4, -0.2) is 18.5 Å². The van der Waals surface area contributed by atoms with E-state index in [4.69, 9.17) is 5.73 Å². The van der Waals surface area contributed by atoms with Crippen LogP contribution < -0.4 is 5.73 Å². The Hall–Kier alpha value is -0.920. The summed E-state index contributed by atoms with van der Waals surface area (Å²) in [5, 5.41) is 0. The van der Waals surface area contributed by atoms with Gasteiger partial charge in [-0.3, -0.25) is 0 Å². The molecule has 0 amide bonds. The Labute approximate surface area is 55.6 Å². The molecule has 0 aromatic carbocycles. The van der Waals surface area contributed by atoms with E-state index in [2.05, 4.69) is 11.1 Å². The molecule has 1 aliphatic rings. The van der Waals surface area contributed by atoms with Crippen LogP contribution in [0.25, 0.3) is 0 Å². The van der Waals surface area contributed by atoms with Crippen LogP contribution in [0.15, 0.2) is 23.5 Å². The quantitative estimate of drug-likeness (QED) is 0.514. The zero-order valence-corrected chi connectivity index (χ0v) is 5.89. The molecule has 0 aromatic rings. The summed E-state index contributed by atoms with van der Waals surface area (Å²) in [5.41, 5.74) is 7.76. The fourth-order valence-corrected chi connectivity index (χ4v) is 1.06. The third kappa shape index (κ3) is 1.49. The average molecular weight is 124 g/mol. The Kier molecular flexibility index (Phi) is 1.47. The zero-order chi connectivity index (χ0) is 6.85. The summed E-state index contributed by atoms with van der Waals surface area (Å²) >= 11 is 0. The van der Waals surface area contributed by atoms with E-state index in [-0.39, 0.29) is 0 Å². The number of hydrogen-bond acceptors (Lipinski definition) is 2. The topological polar surface area (TPSA) is 29.3 Å². The highest BCUT2D eigenvalue weighted by atomic mass is 15.1. The molecule has 1 heterocycles. The number of allylic oxidation sites excluding steroid dienone is 2. The first-order chi connectivity index (χ1) is 4.18. The van der Waals surface area contributed by atoms with E-state index < -0.39 is 0 Å². The largest absolute Gasteiger partial charge is 0.401 e. The highest BCUT2D eigenvalue weighted by Gasteiger charge is 2.00. The van der Waals surface area contributed by atoms with Gasteiger partial charge in [-0.25, -0.2) is 0 Å². The minimum Gasteiger partial charge on any atom is -0.401 e. The van der Waals surface area contributed by atoms with E-state index in [1.165, 1.54) is 5.57 Å². The Morgan fingerprint density at radius 1 is 1.67 bits per heavy atom. The minimum absolute atomic E-state index is 0.858.